The summed E-state index contributed by atoms with van der Waals surface area (Å²) in [7, 11) is 1.61. The molecule has 0 radical (unpaired) electrons. The number of carbonyl (C=O) groups is 2. The molecule has 29 heavy (non-hydrogen) atoms. The van der Waals surface area contributed by atoms with Gasteiger partial charge in [-0.3, -0.25) is 9.59 Å². The molecule has 2 amide bonds. The third-order valence-electron chi connectivity index (χ3n) is 4.61. The molecular weight excluding hydrogens is 372 g/mol. The maximum absolute atomic E-state index is 12.6. The molecule has 7 heteroatoms. The highest BCUT2D eigenvalue weighted by atomic mass is 16.5. The van der Waals surface area contributed by atoms with E-state index in [1.54, 1.807) is 55.6 Å². The molecule has 0 aliphatic carbocycles. The summed E-state index contributed by atoms with van der Waals surface area (Å²) in [6, 6.07) is 13.8. The molecule has 2 aromatic rings. The number of benzene rings is 2. The number of hydrogen-bond donors (Lipinski definition) is 2. The predicted octanol–water partition coefficient (Wildman–Crippen LogP) is 2.87. The lowest BCUT2D eigenvalue weighted by Gasteiger charge is -2.14. The predicted molar refractivity (Wildman–Crippen MR) is 110 cm³/mol. The molecule has 0 bridgehead atoms. The minimum Gasteiger partial charge on any atom is -0.491 e. The SMILES string of the molecule is COCCOc1ccc(C(=O)Nc2ccccc2C(=O)NC[C@H]2CCCO2)cc1. The van der Waals surface area contributed by atoms with Crippen LogP contribution in [0.2, 0.25) is 0 Å². The van der Waals surface area contributed by atoms with E-state index in [9.17, 15) is 9.59 Å². The first-order valence-corrected chi connectivity index (χ1v) is 9.69. The van der Waals surface area contributed by atoms with Crippen molar-refractivity contribution in [2.24, 2.45) is 0 Å². The van der Waals surface area contributed by atoms with Gasteiger partial charge in [0.1, 0.15) is 12.4 Å². The molecule has 154 valence electrons. The Kier molecular flexibility index (Phi) is 7.61. The molecule has 0 aromatic heterocycles. The van der Waals surface area contributed by atoms with Crippen molar-refractivity contribution in [2.45, 2.75) is 18.9 Å². The zero-order valence-corrected chi connectivity index (χ0v) is 16.5. The van der Waals surface area contributed by atoms with Gasteiger partial charge in [0, 0.05) is 25.8 Å². The van der Waals surface area contributed by atoms with E-state index in [-0.39, 0.29) is 17.9 Å². The Labute approximate surface area is 170 Å². The second kappa shape index (κ2) is 10.6. The quantitative estimate of drug-likeness (QED) is 0.635. The van der Waals surface area contributed by atoms with Gasteiger partial charge in [0.2, 0.25) is 0 Å². The zero-order valence-electron chi connectivity index (χ0n) is 16.5. The van der Waals surface area contributed by atoms with Crippen LogP contribution in [0.1, 0.15) is 33.6 Å². The van der Waals surface area contributed by atoms with Gasteiger partial charge in [-0.25, -0.2) is 0 Å². The van der Waals surface area contributed by atoms with Gasteiger partial charge in [-0.15, -0.1) is 0 Å². The minimum absolute atomic E-state index is 0.0605. The van der Waals surface area contributed by atoms with Crippen molar-refractivity contribution in [3.63, 3.8) is 0 Å². The van der Waals surface area contributed by atoms with Crippen LogP contribution in [-0.4, -0.2) is 51.4 Å². The van der Waals surface area contributed by atoms with Gasteiger partial charge in [-0.05, 0) is 49.2 Å². The van der Waals surface area contributed by atoms with Crippen LogP contribution in [0.5, 0.6) is 5.75 Å². The van der Waals surface area contributed by atoms with Crippen LogP contribution in [0.3, 0.4) is 0 Å². The van der Waals surface area contributed by atoms with Gasteiger partial charge < -0.3 is 24.8 Å². The van der Waals surface area contributed by atoms with Crippen molar-refractivity contribution in [3.05, 3.63) is 59.7 Å². The minimum atomic E-state index is -0.298. The van der Waals surface area contributed by atoms with Crippen molar-refractivity contribution < 1.29 is 23.8 Å². The highest BCUT2D eigenvalue weighted by Crippen LogP contribution is 2.18. The van der Waals surface area contributed by atoms with E-state index in [1.165, 1.54) is 0 Å². The summed E-state index contributed by atoms with van der Waals surface area (Å²) in [5, 5.41) is 5.70. The van der Waals surface area contributed by atoms with Crippen molar-refractivity contribution in [3.8, 4) is 5.75 Å². The Balaban J connectivity index is 1.60. The maximum Gasteiger partial charge on any atom is 0.255 e. The fraction of sp³-hybridized carbons (Fsp3) is 0.364. The van der Waals surface area contributed by atoms with E-state index in [1.807, 2.05) is 0 Å². The first-order chi connectivity index (χ1) is 14.2. The molecule has 0 spiro atoms. The molecular formula is C22H26N2O5. The van der Waals surface area contributed by atoms with E-state index in [0.717, 1.165) is 19.4 Å². The summed E-state index contributed by atoms with van der Waals surface area (Å²) in [5.74, 6) is 0.124. The summed E-state index contributed by atoms with van der Waals surface area (Å²) in [6.07, 6.45) is 2.03. The normalized spacial score (nSPS) is 15.7. The topological polar surface area (TPSA) is 85.9 Å². The Morgan fingerprint density at radius 2 is 1.86 bits per heavy atom. The number of rotatable bonds is 9. The number of nitrogens with one attached hydrogen (secondary N) is 2. The molecule has 0 unspecified atom stereocenters. The average molecular weight is 398 g/mol. The van der Waals surface area contributed by atoms with Crippen LogP contribution >= 0.6 is 0 Å². The molecule has 2 N–H and O–H groups in total. The lowest BCUT2D eigenvalue weighted by atomic mass is 10.1. The highest BCUT2D eigenvalue weighted by molar-refractivity contribution is 6.09. The molecule has 1 fully saturated rings. The molecule has 1 heterocycles. The number of hydrogen-bond acceptors (Lipinski definition) is 5. The fourth-order valence-corrected chi connectivity index (χ4v) is 3.04. The molecule has 7 nitrogen and oxygen atoms in total. The van der Waals surface area contributed by atoms with Crippen molar-refractivity contribution >= 4 is 17.5 Å². The lowest BCUT2D eigenvalue weighted by Crippen LogP contribution is -2.32. The number of ether oxygens (including phenoxy) is 3. The summed E-state index contributed by atoms with van der Waals surface area (Å²) >= 11 is 0. The molecule has 3 rings (SSSR count). The molecule has 1 aliphatic rings. The number of carbonyl (C=O) groups excluding carboxylic acids is 2. The van der Waals surface area contributed by atoms with Crippen molar-refractivity contribution in [1.82, 2.24) is 5.32 Å². The molecule has 1 saturated heterocycles. The third kappa shape index (κ3) is 6.04. The van der Waals surface area contributed by atoms with Gasteiger partial charge in [-0.1, -0.05) is 12.1 Å². The largest absolute Gasteiger partial charge is 0.491 e. The van der Waals surface area contributed by atoms with Gasteiger partial charge in [0.25, 0.3) is 11.8 Å². The van der Waals surface area contributed by atoms with Crippen LogP contribution in [0.4, 0.5) is 5.69 Å². The van der Waals surface area contributed by atoms with Gasteiger partial charge in [-0.2, -0.15) is 0 Å². The smallest absolute Gasteiger partial charge is 0.255 e. The summed E-state index contributed by atoms with van der Waals surface area (Å²) in [5.41, 5.74) is 1.35. The Bertz CT molecular complexity index is 816. The van der Waals surface area contributed by atoms with Crippen LogP contribution < -0.4 is 15.4 Å². The summed E-state index contributed by atoms with van der Waals surface area (Å²) < 4.78 is 16.0. The van der Waals surface area contributed by atoms with E-state index in [2.05, 4.69) is 10.6 Å². The Morgan fingerprint density at radius 1 is 1.07 bits per heavy atom. The van der Waals surface area contributed by atoms with Crippen LogP contribution in [0, 0.1) is 0 Å². The number of methoxy groups -OCH3 is 1. The second-order valence-corrected chi connectivity index (χ2v) is 6.71. The third-order valence-corrected chi connectivity index (χ3v) is 4.61. The standard InChI is InChI=1S/C22H26N2O5/c1-27-13-14-29-17-10-8-16(9-11-17)21(25)24-20-7-3-2-6-19(20)22(26)23-15-18-5-4-12-28-18/h2-3,6-11,18H,4-5,12-15H2,1H3,(H,23,26)(H,24,25)/t18-/m1/s1. The first-order valence-electron chi connectivity index (χ1n) is 9.69. The van der Waals surface area contributed by atoms with Crippen LogP contribution in [0.25, 0.3) is 0 Å². The van der Waals surface area contributed by atoms with E-state index in [0.29, 0.717) is 42.3 Å². The molecule has 2 aromatic carbocycles. The monoisotopic (exact) mass is 398 g/mol. The second-order valence-electron chi connectivity index (χ2n) is 6.71. The lowest BCUT2D eigenvalue weighted by molar-refractivity contribution is 0.0858. The van der Waals surface area contributed by atoms with E-state index < -0.39 is 0 Å². The molecule has 1 aliphatic heterocycles. The summed E-state index contributed by atoms with van der Waals surface area (Å²) in [4.78, 5) is 25.2. The highest BCUT2D eigenvalue weighted by Gasteiger charge is 2.18. The average Bonchev–Trinajstić information content (AvgIpc) is 3.27. The fourth-order valence-electron chi connectivity index (χ4n) is 3.04. The Morgan fingerprint density at radius 3 is 2.59 bits per heavy atom. The van der Waals surface area contributed by atoms with Crippen molar-refractivity contribution in [1.29, 1.82) is 0 Å². The molecule has 0 saturated carbocycles. The van der Waals surface area contributed by atoms with E-state index in [4.69, 9.17) is 14.2 Å². The number of amides is 2. The van der Waals surface area contributed by atoms with E-state index >= 15 is 0 Å². The van der Waals surface area contributed by atoms with Crippen LogP contribution in [0.15, 0.2) is 48.5 Å². The molecule has 1 atom stereocenters. The van der Waals surface area contributed by atoms with Crippen LogP contribution in [-0.2, 0) is 9.47 Å². The summed E-state index contributed by atoms with van der Waals surface area (Å²) in [6.45, 7) is 2.14. The first kappa shape index (κ1) is 20.8. The van der Waals surface area contributed by atoms with Gasteiger partial charge in [0.15, 0.2) is 0 Å². The van der Waals surface area contributed by atoms with Crippen molar-refractivity contribution in [2.75, 3.05) is 38.8 Å². The zero-order chi connectivity index (χ0) is 20.5. The Hall–Kier alpha value is -2.90. The van der Waals surface area contributed by atoms with Gasteiger partial charge >= 0.3 is 0 Å². The maximum atomic E-state index is 12.6. The van der Waals surface area contributed by atoms with Gasteiger partial charge in [0.05, 0.1) is 24.0 Å². The number of anilines is 1. The number of para-hydroxylation sites is 1.